The second-order valence-electron chi connectivity index (χ2n) is 13.1. The number of H-pyrrole nitrogens is 1. The SMILES string of the molecule is Cl.NC[C@H]1CC[C@H](C(=O)N[C@@H](Cc2ccc(-c3ccc(C(=O)NCCN4CCCC4)cc3)cc2)C(=O)Nc2ccc(-c3nnn[nH]3)cc2)CC1. The number of nitrogens with two attached hydrogens (primary N) is 1. The van der Waals surface area contributed by atoms with Gasteiger partial charge >= 0.3 is 0 Å². The Morgan fingerprint density at radius 1 is 0.860 bits per heavy atom. The number of benzene rings is 3. The highest BCUT2D eigenvalue weighted by Gasteiger charge is 2.29. The van der Waals surface area contributed by atoms with Gasteiger partial charge < -0.3 is 26.6 Å². The third-order valence-corrected chi connectivity index (χ3v) is 9.74. The van der Waals surface area contributed by atoms with Crippen molar-refractivity contribution >= 4 is 35.8 Å². The molecule has 1 saturated heterocycles. The summed E-state index contributed by atoms with van der Waals surface area (Å²) < 4.78 is 0. The van der Waals surface area contributed by atoms with Gasteiger partial charge in [-0.25, -0.2) is 5.10 Å². The van der Waals surface area contributed by atoms with E-state index < -0.39 is 6.04 Å². The van der Waals surface area contributed by atoms with Gasteiger partial charge in [0.2, 0.25) is 11.8 Å². The number of nitrogens with one attached hydrogen (secondary N) is 4. The molecule has 2 heterocycles. The molecule has 2 fully saturated rings. The molecule has 50 heavy (non-hydrogen) atoms. The molecule has 13 heteroatoms. The Balaban J connectivity index is 0.00000486. The largest absolute Gasteiger partial charge is 0.351 e. The van der Waals surface area contributed by atoms with Crippen LogP contribution in [0.25, 0.3) is 22.5 Å². The standard InChI is InChI=1S/C37H45N9O3.ClH/c38-24-26-5-9-31(10-6-26)36(48)41-33(37(49)40-32-17-15-29(16-18-32)34-42-44-45-43-34)23-25-3-7-27(8-4-25)28-11-13-30(14-12-28)35(47)39-19-22-46-20-1-2-21-46;/h3-4,7-8,11-18,26,31,33H,1-2,5-6,9-10,19-24,38H2,(H,39,47)(H,40,49)(H,41,48)(H,42,43,44,45);1H/t26-,31-,33-;/m0./s1. The molecular formula is C37H46ClN9O3. The van der Waals surface area contributed by atoms with Crippen molar-refractivity contribution in [3.05, 3.63) is 83.9 Å². The zero-order valence-electron chi connectivity index (χ0n) is 28.1. The molecule has 12 nitrogen and oxygen atoms in total. The number of carbonyl (C=O) groups is 3. The fourth-order valence-electron chi connectivity index (χ4n) is 6.70. The lowest BCUT2D eigenvalue weighted by Crippen LogP contribution is -2.48. The lowest BCUT2D eigenvalue weighted by atomic mass is 9.81. The number of halogens is 1. The van der Waals surface area contributed by atoms with E-state index in [9.17, 15) is 14.4 Å². The molecule has 0 radical (unpaired) electrons. The van der Waals surface area contributed by atoms with Gasteiger partial charge in [-0.2, -0.15) is 0 Å². The first-order valence-electron chi connectivity index (χ1n) is 17.3. The summed E-state index contributed by atoms with van der Waals surface area (Å²) in [7, 11) is 0. The highest BCUT2D eigenvalue weighted by molar-refractivity contribution is 5.98. The molecule has 0 bridgehead atoms. The Kier molecular flexibility index (Phi) is 13.1. The summed E-state index contributed by atoms with van der Waals surface area (Å²) in [6.45, 7) is 4.39. The van der Waals surface area contributed by atoms with E-state index in [-0.39, 0.29) is 36.0 Å². The number of aromatic amines is 1. The molecule has 1 saturated carbocycles. The number of rotatable bonds is 13. The summed E-state index contributed by atoms with van der Waals surface area (Å²) in [6, 6.07) is 22.0. The van der Waals surface area contributed by atoms with Crippen LogP contribution in [0.4, 0.5) is 5.69 Å². The maximum atomic E-state index is 13.6. The maximum absolute atomic E-state index is 13.6. The Hall–Kier alpha value is -4.65. The Morgan fingerprint density at radius 3 is 2.12 bits per heavy atom. The lowest BCUT2D eigenvalue weighted by molar-refractivity contribution is -0.130. The van der Waals surface area contributed by atoms with E-state index in [1.54, 1.807) is 12.1 Å². The number of likely N-dealkylation sites (tertiary alicyclic amines) is 1. The van der Waals surface area contributed by atoms with Crippen LogP contribution >= 0.6 is 12.4 Å². The van der Waals surface area contributed by atoms with E-state index in [1.807, 2.05) is 60.7 Å². The second-order valence-corrected chi connectivity index (χ2v) is 13.1. The van der Waals surface area contributed by atoms with E-state index in [0.29, 0.717) is 42.5 Å². The summed E-state index contributed by atoms with van der Waals surface area (Å²) in [5, 5.41) is 22.9. The van der Waals surface area contributed by atoms with Gasteiger partial charge in [0.05, 0.1) is 0 Å². The fraction of sp³-hybridized carbons (Fsp3) is 0.405. The summed E-state index contributed by atoms with van der Waals surface area (Å²) in [6.07, 6.45) is 6.18. The van der Waals surface area contributed by atoms with Gasteiger partial charge in [0.25, 0.3) is 5.91 Å². The van der Waals surface area contributed by atoms with Gasteiger partial charge in [0.15, 0.2) is 5.82 Å². The average Bonchev–Trinajstić information content (AvgIpc) is 3.88. The first-order valence-corrected chi connectivity index (χ1v) is 17.3. The molecule has 1 atom stereocenters. The zero-order valence-corrected chi connectivity index (χ0v) is 29.0. The molecule has 1 aliphatic carbocycles. The third kappa shape index (κ3) is 9.74. The summed E-state index contributed by atoms with van der Waals surface area (Å²) >= 11 is 0. The maximum Gasteiger partial charge on any atom is 0.251 e. The first-order chi connectivity index (χ1) is 23.9. The summed E-state index contributed by atoms with van der Waals surface area (Å²) in [4.78, 5) is 42.0. The number of hydrogen-bond acceptors (Lipinski definition) is 8. The molecule has 6 N–H and O–H groups in total. The van der Waals surface area contributed by atoms with Gasteiger partial charge in [-0.1, -0.05) is 36.4 Å². The molecule has 4 aromatic rings. The topological polar surface area (TPSA) is 171 Å². The lowest BCUT2D eigenvalue weighted by Gasteiger charge is -2.28. The van der Waals surface area contributed by atoms with Gasteiger partial charge in [0.1, 0.15) is 6.04 Å². The van der Waals surface area contributed by atoms with Crippen LogP contribution in [0.3, 0.4) is 0 Å². The minimum atomic E-state index is -0.771. The molecule has 0 spiro atoms. The van der Waals surface area contributed by atoms with Crippen LogP contribution in [0.1, 0.15) is 54.4 Å². The van der Waals surface area contributed by atoms with Crippen molar-refractivity contribution < 1.29 is 14.4 Å². The van der Waals surface area contributed by atoms with Crippen LogP contribution in [0.5, 0.6) is 0 Å². The van der Waals surface area contributed by atoms with Crippen molar-refractivity contribution in [2.45, 2.75) is 51.0 Å². The second kappa shape index (κ2) is 17.8. The van der Waals surface area contributed by atoms with Crippen molar-refractivity contribution in [3.8, 4) is 22.5 Å². The predicted molar refractivity (Wildman–Crippen MR) is 196 cm³/mol. The van der Waals surface area contributed by atoms with E-state index in [4.69, 9.17) is 5.73 Å². The molecule has 0 unspecified atom stereocenters. The number of anilines is 1. The number of hydrogen-bond donors (Lipinski definition) is 5. The Labute approximate surface area is 298 Å². The van der Waals surface area contributed by atoms with E-state index in [2.05, 4.69) is 41.5 Å². The van der Waals surface area contributed by atoms with Crippen molar-refractivity contribution in [1.29, 1.82) is 0 Å². The highest BCUT2D eigenvalue weighted by Crippen LogP contribution is 2.29. The molecule has 1 aromatic heterocycles. The number of amides is 3. The fourth-order valence-corrected chi connectivity index (χ4v) is 6.70. The van der Waals surface area contributed by atoms with Crippen LogP contribution in [-0.4, -0.2) is 82.0 Å². The van der Waals surface area contributed by atoms with E-state index in [1.165, 1.54) is 12.8 Å². The van der Waals surface area contributed by atoms with Gasteiger partial charge in [0, 0.05) is 42.2 Å². The molecule has 1 aliphatic heterocycles. The Morgan fingerprint density at radius 2 is 1.50 bits per heavy atom. The minimum absolute atomic E-state index is 0. The van der Waals surface area contributed by atoms with Crippen LogP contribution in [0.2, 0.25) is 0 Å². The van der Waals surface area contributed by atoms with Crippen molar-refractivity contribution in [1.82, 2.24) is 36.2 Å². The van der Waals surface area contributed by atoms with Crippen molar-refractivity contribution in [2.24, 2.45) is 17.6 Å². The predicted octanol–water partition coefficient (Wildman–Crippen LogP) is 4.21. The summed E-state index contributed by atoms with van der Waals surface area (Å²) in [5.74, 6) is 0.390. The first kappa shape index (κ1) is 36.6. The normalized spacial score (nSPS) is 18.1. The van der Waals surface area contributed by atoms with E-state index in [0.717, 1.165) is 67.6 Å². The summed E-state index contributed by atoms with van der Waals surface area (Å²) in [5.41, 5.74) is 10.8. The van der Waals surface area contributed by atoms with Gasteiger partial charge in [-0.15, -0.1) is 17.5 Å². The highest BCUT2D eigenvalue weighted by atomic mass is 35.5. The third-order valence-electron chi connectivity index (χ3n) is 9.74. The average molecular weight is 700 g/mol. The van der Waals surface area contributed by atoms with Gasteiger partial charge in [-0.05, 0) is 128 Å². The van der Waals surface area contributed by atoms with Crippen LogP contribution in [0, 0.1) is 11.8 Å². The molecule has 264 valence electrons. The molecular weight excluding hydrogens is 654 g/mol. The quantitative estimate of drug-likeness (QED) is 0.138. The molecule has 6 rings (SSSR count). The number of tetrazole rings is 1. The van der Waals surface area contributed by atoms with E-state index >= 15 is 0 Å². The van der Waals surface area contributed by atoms with Crippen LogP contribution in [0.15, 0.2) is 72.8 Å². The molecule has 2 aliphatic rings. The number of carbonyl (C=O) groups excluding carboxylic acids is 3. The minimum Gasteiger partial charge on any atom is -0.351 e. The number of aromatic nitrogens is 4. The van der Waals surface area contributed by atoms with Gasteiger partial charge in [-0.3, -0.25) is 14.4 Å². The molecule has 3 amide bonds. The monoisotopic (exact) mass is 699 g/mol. The Bertz CT molecular complexity index is 1670. The van der Waals surface area contributed by atoms with Crippen LogP contribution in [-0.2, 0) is 16.0 Å². The zero-order chi connectivity index (χ0) is 34.0. The van der Waals surface area contributed by atoms with Crippen LogP contribution < -0.4 is 21.7 Å². The molecule has 3 aromatic carbocycles. The van der Waals surface area contributed by atoms with Crippen molar-refractivity contribution in [3.63, 3.8) is 0 Å². The van der Waals surface area contributed by atoms with Crippen molar-refractivity contribution in [2.75, 3.05) is 38.0 Å². The smallest absolute Gasteiger partial charge is 0.251 e. The number of nitrogens with zero attached hydrogens (tertiary/aromatic N) is 4.